The van der Waals surface area contributed by atoms with Gasteiger partial charge < -0.3 is 9.64 Å². The minimum atomic E-state index is 0.138. The number of methoxy groups -OCH3 is 1. The molecule has 1 aromatic rings. The number of rotatable bonds is 4. The lowest BCUT2D eigenvalue weighted by atomic mass is 9.76. The number of carbonyl (C=O) groups excluding carboxylic acids is 1. The molecule has 0 unspecified atom stereocenters. The van der Waals surface area contributed by atoms with E-state index in [0.717, 1.165) is 44.6 Å². The molecule has 2 fully saturated rings. The molecule has 3 heterocycles. The molecule has 1 atom stereocenters. The van der Waals surface area contributed by atoms with Crippen LogP contribution in [0.5, 0.6) is 0 Å². The van der Waals surface area contributed by atoms with Crippen molar-refractivity contribution in [3.63, 3.8) is 0 Å². The maximum absolute atomic E-state index is 12.6. The first kappa shape index (κ1) is 17.4. The number of nitrogens with zero attached hydrogens (tertiary/aromatic N) is 3. The van der Waals surface area contributed by atoms with Gasteiger partial charge in [0.2, 0.25) is 0 Å². The van der Waals surface area contributed by atoms with Crippen LogP contribution >= 0.6 is 0 Å². The van der Waals surface area contributed by atoms with Crippen LogP contribution in [0.15, 0.2) is 24.5 Å². The zero-order chi connectivity index (χ0) is 17.2. The monoisotopic (exact) mass is 331 g/mol. The summed E-state index contributed by atoms with van der Waals surface area (Å²) in [6, 6.07) is 4.66. The van der Waals surface area contributed by atoms with Crippen molar-refractivity contribution in [2.45, 2.75) is 45.2 Å². The molecule has 5 heteroatoms. The third-order valence-electron chi connectivity index (χ3n) is 5.72. The minimum Gasteiger partial charge on any atom is -0.383 e. The summed E-state index contributed by atoms with van der Waals surface area (Å²) < 4.78 is 5.45. The van der Waals surface area contributed by atoms with Gasteiger partial charge in [-0.1, -0.05) is 0 Å². The van der Waals surface area contributed by atoms with Crippen molar-refractivity contribution < 1.29 is 9.53 Å². The maximum atomic E-state index is 12.6. The lowest BCUT2D eigenvalue weighted by Gasteiger charge is -2.39. The first-order chi connectivity index (χ1) is 11.5. The number of carbonyl (C=O) groups is 1. The summed E-state index contributed by atoms with van der Waals surface area (Å²) in [5.41, 5.74) is 1.09. The Balaban J connectivity index is 1.63. The van der Waals surface area contributed by atoms with E-state index in [0.29, 0.717) is 17.5 Å². The summed E-state index contributed by atoms with van der Waals surface area (Å²) in [5, 5.41) is 0. The van der Waals surface area contributed by atoms with Gasteiger partial charge in [-0.15, -0.1) is 0 Å². The molecule has 0 aromatic carbocycles. The molecule has 24 heavy (non-hydrogen) atoms. The van der Waals surface area contributed by atoms with E-state index < -0.39 is 0 Å². The SMILES string of the molecule is COC[C@@H]1CC2(CCN(C(=O)c3ccncc3)CC2)CN1C(C)C. The van der Waals surface area contributed by atoms with Crippen molar-refractivity contribution >= 4 is 5.91 Å². The lowest BCUT2D eigenvalue weighted by molar-refractivity contribution is 0.0581. The van der Waals surface area contributed by atoms with Crippen LogP contribution in [0.2, 0.25) is 0 Å². The Morgan fingerprint density at radius 2 is 2.00 bits per heavy atom. The fraction of sp³-hybridized carbons (Fsp3) is 0.684. The molecule has 0 saturated carbocycles. The van der Waals surface area contributed by atoms with Crippen LogP contribution in [-0.4, -0.2) is 66.1 Å². The zero-order valence-electron chi connectivity index (χ0n) is 15.1. The molecule has 2 aliphatic heterocycles. The third kappa shape index (κ3) is 3.47. The summed E-state index contributed by atoms with van der Waals surface area (Å²) in [7, 11) is 1.79. The number of amides is 1. The van der Waals surface area contributed by atoms with Crippen molar-refractivity contribution in [3.8, 4) is 0 Å². The van der Waals surface area contributed by atoms with Crippen LogP contribution in [0, 0.1) is 5.41 Å². The summed E-state index contributed by atoms with van der Waals surface area (Å²) >= 11 is 0. The molecule has 0 N–H and O–H groups in total. The van der Waals surface area contributed by atoms with Crippen LogP contribution in [0.4, 0.5) is 0 Å². The van der Waals surface area contributed by atoms with Gasteiger partial charge in [0.25, 0.3) is 5.91 Å². The van der Waals surface area contributed by atoms with Gasteiger partial charge in [0.15, 0.2) is 0 Å². The molecule has 2 aliphatic rings. The topological polar surface area (TPSA) is 45.7 Å². The molecule has 0 bridgehead atoms. The Hall–Kier alpha value is -1.46. The van der Waals surface area contributed by atoms with Gasteiger partial charge in [-0.2, -0.15) is 0 Å². The predicted molar refractivity (Wildman–Crippen MR) is 93.9 cm³/mol. The summed E-state index contributed by atoms with van der Waals surface area (Å²) in [4.78, 5) is 21.2. The second-order valence-electron chi connectivity index (χ2n) is 7.61. The van der Waals surface area contributed by atoms with Crippen molar-refractivity contribution in [2.24, 2.45) is 5.41 Å². The molecule has 0 aliphatic carbocycles. The van der Waals surface area contributed by atoms with Gasteiger partial charge in [-0.05, 0) is 50.7 Å². The Bertz CT molecular complexity index is 553. The predicted octanol–water partition coefficient (Wildman–Crippen LogP) is 2.43. The highest BCUT2D eigenvalue weighted by molar-refractivity contribution is 5.94. The summed E-state index contributed by atoms with van der Waals surface area (Å²) in [5.74, 6) is 0.138. The first-order valence-electron chi connectivity index (χ1n) is 8.99. The second-order valence-corrected chi connectivity index (χ2v) is 7.61. The average molecular weight is 331 g/mol. The van der Waals surface area contributed by atoms with E-state index in [9.17, 15) is 4.79 Å². The summed E-state index contributed by atoms with van der Waals surface area (Å²) in [6.07, 6.45) is 6.74. The van der Waals surface area contributed by atoms with Crippen LogP contribution in [0.25, 0.3) is 0 Å². The van der Waals surface area contributed by atoms with E-state index in [1.165, 1.54) is 6.42 Å². The van der Waals surface area contributed by atoms with Crippen molar-refractivity contribution in [3.05, 3.63) is 30.1 Å². The number of pyridine rings is 1. The van der Waals surface area contributed by atoms with E-state index in [1.807, 2.05) is 4.90 Å². The molecule has 0 radical (unpaired) electrons. The number of aromatic nitrogens is 1. The first-order valence-corrected chi connectivity index (χ1v) is 8.99. The van der Waals surface area contributed by atoms with E-state index in [2.05, 4.69) is 23.7 Å². The normalized spacial score (nSPS) is 24.0. The largest absolute Gasteiger partial charge is 0.383 e. The standard InChI is InChI=1S/C19H29N3O2/c1-15(2)22-14-19(12-17(22)13-24-3)6-10-21(11-7-19)18(23)16-4-8-20-9-5-16/h4-5,8-9,15,17H,6-7,10-14H2,1-3H3/t17-/m0/s1. The highest BCUT2D eigenvalue weighted by Gasteiger charge is 2.46. The minimum absolute atomic E-state index is 0.138. The van der Waals surface area contributed by atoms with Gasteiger partial charge in [0, 0.05) is 56.8 Å². The molecule has 1 aromatic heterocycles. The van der Waals surface area contributed by atoms with Gasteiger partial charge in [0.05, 0.1) is 6.61 Å². The molecule has 132 valence electrons. The number of piperidine rings is 1. The fourth-order valence-corrected chi connectivity index (χ4v) is 4.37. The van der Waals surface area contributed by atoms with E-state index in [-0.39, 0.29) is 5.91 Å². The average Bonchev–Trinajstić information content (AvgIpc) is 2.94. The fourth-order valence-electron chi connectivity index (χ4n) is 4.37. The van der Waals surface area contributed by atoms with Crippen molar-refractivity contribution in [1.82, 2.24) is 14.8 Å². The van der Waals surface area contributed by atoms with Crippen molar-refractivity contribution in [1.29, 1.82) is 0 Å². The number of ether oxygens (including phenoxy) is 1. The van der Waals surface area contributed by atoms with Gasteiger partial charge in [0.1, 0.15) is 0 Å². The zero-order valence-corrected chi connectivity index (χ0v) is 15.1. The maximum Gasteiger partial charge on any atom is 0.253 e. The van der Waals surface area contributed by atoms with Gasteiger partial charge >= 0.3 is 0 Å². The number of hydrogen-bond donors (Lipinski definition) is 0. The highest BCUT2D eigenvalue weighted by atomic mass is 16.5. The van der Waals surface area contributed by atoms with Crippen LogP contribution in [-0.2, 0) is 4.74 Å². The quantitative estimate of drug-likeness (QED) is 0.850. The Morgan fingerprint density at radius 3 is 2.58 bits per heavy atom. The third-order valence-corrected chi connectivity index (χ3v) is 5.72. The Labute approximate surface area is 145 Å². The number of hydrogen-bond acceptors (Lipinski definition) is 4. The molecule has 1 amide bonds. The van der Waals surface area contributed by atoms with Gasteiger partial charge in [-0.3, -0.25) is 14.7 Å². The molecular formula is C19H29N3O2. The lowest BCUT2D eigenvalue weighted by Crippen LogP contribution is -2.44. The highest BCUT2D eigenvalue weighted by Crippen LogP contribution is 2.44. The van der Waals surface area contributed by atoms with Crippen molar-refractivity contribution in [2.75, 3.05) is 33.4 Å². The van der Waals surface area contributed by atoms with Gasteiger partial charge in [-0.25, -0.2) is 0 Å². The van der Waals surface area contributed by atoms with E-state index in [4.69, 9.17) is 4.74 Å². The Morgan fingerprint density at radius 1 is 1.33 bits per heavy atom. The molecular weight excluding hydrogens is 302 g/mol. The molecule has 5 nitrogen and oxygen atoms in total. The molecule has 3 rings (SSSR count). The van der Waals surface area contributed by atoms with E-state index >= 15 is 0 Å². The van der Waals surface area contributed by atoms with E-state index in [1.54, 1.807) is 31.6 Å². The summed E-state index contributed by atoms with van der Waals surface area (Å²) in [6.45, 7) is 8.18. The Kier molecular flexibility index (Phi) is 5.21. The smallest absolute Gasteiger partial charge is 0.253 e. The van der Waals surface area contributed by atoms with Crippen LogP contribution in [0.1, 0.15) is 43.5 Å². The molecule has 1 spiro atoms. The van der Waals surface area contributed by atoms with Crippen LogP contribution < -0.4 is 0 Å². The second kappa shape index (κ2) is 7.19. The van der Waals surface area contributed by atoms with Crippen LogP contribution in [0.3, 0.4) is 0 Å². The molecule has 2 saturated heterocycles. The number of likely N-dealkylation sites (tertiary alicyclic amines) is 2.